The quantitative estimate of drug-likeness (QED) is 0.789. The van der Waals surface area contributed by atoms with E-state index in [0.717, 1.165) is 0 Å². The molecule has 1 aliphatic rings. The summed E-state index contributed by atoms with van der Waals surface area (Å²) in [7, 11) is 0. The van der Waals surface area contributed by atoms with Crippen LogP contribution in [0.15, 0.2) is 6.07 Å². The van der Waals surface area contributed by atoms with Gasteiger partial charge in [0, 0.05) is 13.1 Å². The number of nitrogens with zero attached hydrogens (tertiary/aromatic N) is 1. The molecule has 1 aliphatic heterocycles. The maximum atomic E-state index is 11.9. The Morgan fingerprint density at radius 1 is 1.44 bits per heavy atom. The molecule has 2 N–H and O–H groups in total. The number of nitrogens with one attached hydrogen (secondary N) is 2. The van der Waals surface area contributed by atoms with Crippen molar-refractivity contribution < 1.29 is 9.59 Å². The smallest absolute Gasteiger partial charge is 0.270 e. The Bertz CT molecular complexity index is 424. The van der Waals surface area contributed by atoms with E-state index in [-0.39, 0.29) is 23.5 Å². The van der Waals surface area contributed by atoms with E-state index in [1.54, 1.807) is 0 Å². The fourth-order valence-corrected chi connectivity index (χ4v) is 1.81. The van der Waals surface area contributed by atoms with Crippen LogP contribution in [0.4, 0.5) is 0 Å². The number of rotatable bonds is 1. The van der Waals surface area contributed by atoms with Crippen molar-refractivity contribution >= 4 is 35.0 Å². The van der Waals surface area contributed by atoms with Crippen molar-refractivity contribution in [3.8, 4) is 0 Å². The van der Waals surface area contributed by atoms with Gasteiger partial charge in [-0.2, -0.15) is 0 Å². The monoisotopic (exact) mass is 261 g/mol. The summed E-state index contributed by atoms with van der Waals surface area (Å²) in [4.78, 5) is 27.1. The summed E-state index contributed by atoms with van der Waals surface area (Å²) in [5, 5.41) is 3.17. The van der Waals surface area contributed by atoms with Gasteiger partial charge in [0.2, 0.25) is 5.91 Å². The number of H-pyrrole nitrogens is 1. The zero-order valence-corrected chi connectivity index (χ0v) is 9.73. The molecule has 1 fully saturated rings. The van der Waals surface area contributed by atoms with Crippen LogP contribution in [-0.2, 0) is 4.79 Å². The van der Waals surface area contributed by atoms with Gasteiger partial charge in [-0.25, -0.2) is 0 Å². The van der Waals surface area contributed by atoms with Gasteiger partial charge in [0.05, 0.1) is 11.6 Å². The molecule has 0 radical (unpaired) electrons. The molecule has 2 amide bonds. The molecule has 7 heteroatoms. The minimum Gasteiger partial charge on any atom is -0.353 e. The van der Waals surface area contributed by atoms with Crippen molar-refractivity contribution in [1.82, 2.24) is 15.2 Å². The van der Waals surface area contributed by atoms with E-state index in [2.05, 4.69) is 10.3 Å². The number of aromatic nitrogens is 1. The highest BCUT2D eigenvalue weighted by atomic mass is 35.5. The first-order valence-electron chi connectivity index (χ1n) is 4.68. The van der Waals surface area contributed by atoms with Crippen LogP contribution in [-0.4, -0.2) is 41.3 Å². The second-order valence-corrected chi connectivity index (χ2v) is 4.21. The molecule has 2 rings (SSSR count). The lowest BCUT2D eigenvalue weighted by Gasteiger charge is -2.26. The molecular formula is C9H9Cl2N3O2. The van der Waals surface area contributed by atoms with Crippen LogP contribution >= 0.6 is 23.2 Å². The molecule has 0 unspecified atom stereocenters. The molecule has 5 nitrogen and oxygen atoms in total. The van der Waals surface area contributed by atoms with Gasteiger partial charge in [0.25, 0.3) is 5.91 Å². The van der Waals surface area contributed by atoms with Crippen molar-refractivity contribution in [2.45, 2.75) is 0 Å². The third-order valence-electron chi connectivity index (χ3n) is 2.28. The van der Waals surface area contributed by atoms with Gasteiger partial charge in [0.1, 0.15) is 10.8 Å². The molecule has 0 aromatic carbocycles. The van der Waals surface area contributed by atoms with Gasteiger partial charge in [-0.1, -0.05) is 23.2 Å². The molecule has 0 spiro atoms. The van der Waals surface area contributed by atoms with Crippen LogP contribution in [0.2, 0.25) is 10.2 Å². The minimum absolute atomic E-state index is 0.0626. The second kappa shape index (κ2) is 4.35. The number of halogens is 2. The number of aromatic amines is 1. The Hall–Kier alpha value is -1.20. The summed E-state index contributed by atoms with van der Waals surface area (Å²) < 4.78 is 0. The maximum absolute atomic E-state index is 11.9. The largest absolute Gasteiger partial charge is 0.353 e. The van der Waals surface area contributed by atoms with Crippen LogP contribution < -0.4 is 5.32 Å². The van der Waals surface area contributed by atoms with Crippen LogP contribution in [0, 0.1) is 0 Å². The van der Waals surface area contributed by atoms with E-state index < -0.39 is 0 Å². The van der Waals surface area contributed by atoms with Crippen molar-refractivity contribution in [3.05, 3.63) is 21.9 Å². The molecule has 0 bridgehead atoms. The van der Waals surface area contributed by atoms with Crippen molar-refractivity contribution in [2.75, 3.05) is 19.6 Å². The summed E-state index contributed by atoms with van der Waals surface area (Å²) in [5.74, 6) is -0.438. The van der Waals surface area contributed by atoms with Gasteiger partial charge in [0.15, 0.2) is 0 Å². The van der Waals surface area contributed by atoms with Crippen molar-refractivity contribution in [3.63, 3.8) is 0 Å². The molecule has 0 aliphatic carbocycles. The number of piperazine rings is 1. The first kappa shape index (κ1) is 11.3. The Balaban J connectivity index is 2.15. The Kier molecular flexibility index (Phi) is 3.07. The maximum Gasteiger partial charge on any atom is 0.270 e. The van der Waals surface area contributed by atoms with Crippen LogP contribution in [0.5, 0.6) is 0 Å². The van der Waals surface area contributed by atoms with Crippen LogP contribution in [0.3, 0.4) is 0 Å². The van der Waals surface area contributed by atoms with E-state index in [1.165, 1.54) is 11.0 Å². The predicted molar refractivity (Wildman–Crippen MR) is 59.7 cm³/mol. The summed E-state index contributed by atoms with van der Waals surface area (Å²) in [6.07, 6.45) is 0. The zero-order valence-electron chi connectivity index (χ0n) is 8.22. The normalized spacial score (nSPS) is 16.1. The van der Waals surface area contributed by atoms with E-state index in [9.17, 15) is 9.59 Å². The summed E-state index contributed by atoms with van der Waals surface area (Å²) in [5.41, 5.74) is 0.296. The van der Waals surface area contributed by atoms with Gasteiger partial charge < -0.3 is 15.2 Å². The Morgan fingerprint density at radius 3 is 2.75 bits per heavy atom. The number of hydrogen-bond donors (Lipinski definition) is 2. The first-order valence-corrected chi connectivity index (χ1v) is 5.43. The van der Waals surface area contributed by atoms with E-state index >= 15 is 0 Å². The fourth-order valence-electron chi connectivity index (χ4n) is 1.50. The predicted octanol–water partition coefficient (Wildman–Crippen LogP) is 0.893. The van der Waals surface area contributed by atoms with Gasteiger partial charge in [-0.3, -0.25) is 9.59 Å². The Morgan fingerprint density at radius 2 is 2.19 bits per heavy atom. The lowest BCUT2D eigenvalue weighted by Crippen LogP contribution is -2.50. The van der Waals surface area contributed by atoms with E-state index in [0.29, 0.717) is 23.8 Å². The molecule has 0 atom stereocenters. The average molecular weight is 262 g/mol. The minimum atomic E-state index is -0.274. The molecule has 16 heavy (non-hydrogen) atoms. The number of amides is 2. The molecule has 86 valence electrons. The van der Waals surface area contributed by atoms with E-state index in [1.807, 2.05) is 0 Å². The third-order valence-corrected chi connectivity index (χ3v) is 2.97. The molecule has 1 aromatic rings. The highest BCUT2D eigenvalue weighted by molar-refractivity contribution is 6.41. The molecule has 1 saturated heterocycles. The number of carbonyl (C=O) groups is 2. The van der Waals surface area contributed by atoms with Crippen LogP contribution in [0.25, 0.3) is 0 Å². The van der Waals surface area contributed by atoms with Crippen molar-refractivity contribution in [1.29, 1.82) is 0 Å². The van der Waals surface area contributed by atoms with Gasteiger partial charge >= 0.3 is 0 Å². The zero-order chi connectivity index (χ0) is 11.7. The molecule has 2 heterocycles. The first-order chi connectivity index (χ1) is 7.58. The average Bonchev–Trinajstić information content (AvgIpc) is 2.58. The Labute approximate surface area is 102 Å². The molecular weight excluding hydrogens is 253 g/mol. The molecule has 1 aromatic heterocycles. The summed E-state index contributed by atoms with van der Waals surface area (Å²) in [6, 6.07) is 1.46. The summed E-state index contributed by atoms with van der Waals surface area (Å²) >= 11 is 11.4. The van der Waals surface area contributed by atoms with Crippen molar-refractivity contribution in [2.24, 2.45) is 0 Å². The lowest BCUT2D eigenvalue weighted by atomic mass is 10.3. The third kappa shape index (κ3) is 2.15. The number of carbonyl (C=O) groups excluding carboxylic acids is 2. The summed E-state index contributed by atoms with van der Waals surface area (Å²) in [6.45, 7) is 1.01. The van der Waals surface area contributed by atoms with Gasteiger partial charge in [-0.05, 0) is 6.07 Å². The second-order valence-electron chi connectivity index (χ2n) is 3.42. The standard InChI is InChI=1S/C9H9Cl2N3O2/c10-5-3-6(13-8(5)11)9(16)14-2-1-12-7(15)4-14/h3,13H,1-2,4H2,(H,12,15). The SMILES string of the molecule is O=C1CN(C(=O)c2cc(Cl)c(Cl)[nH]2)CCN1. The van der Waals surface area contributed by atoms with E-state index in [4.69, 9.17) is 23.2 Å². The fraction of sp³-hybridized carbons (Fsp3) is 0.333. The highest BCUT2D eigenvalue weighted by Crippen LogP contribution is 2.22. The molecule has 0 saturated carbocycles. The van der Waals surface area contributed by atoms with Crippen LogP contribution in [0.1, 0.15) is 10.5 Å². The number of hydrogen-bond acceptors (Lipinski definition) is 2. The topological polar surface area (TPSA) is 65.2 Å². The highest BCUT2D eigenvalue weighted by Gasteiger charge is 2.23. The van der Waals surface area contributed by atoms with Gasteiger partial charge in [-0.15, -0.1) is 0 Å². The lowest BCUT2D eigenvalue weighted by molar-refractivity contribution is -0.123.